The summed E-state index contributed by atoms with van der Waals surface area (Å²) in [5, 5.41) is 0. The number of rotatable bonds is 8. The lowest BCUT2D eigenvalue weighted by Crippen LogP contribution is -2.10. The molecule has 0 radical (unpaired) electrons. The quantitative estimate of drug-likeness (QED) is 0.635. The van der Waals surface area contributed by atoms with Gasteiger partial charge in [0.1, 0.15) is 5.75 Å². The van der Waals surface area contributed by atoms with Gasteiger partial charge in [0.15, 0.2) is 0 Å². The highest BCUT2D eigenvalue weighted by atomic mass is 32.2. The molecule has 0 saturated heterocycles. The number of hydrogen-bond acceptors (Lipinski definition) is 3. The molecule has 0 aromatic heterocycles. The molecule has 1 nitrogen and oxygen atoms in total. The van der Waals surface area contributed by atoms with Gasteiger partial charge in [0.05, 0.1) is 6.61 Å². The summed E-state index contributed by atoms with van der Waals surface area (Å²) in [6.45, 7) is 7.51. The van der Waals surface area contributed by atoms with Crippen molar-refractivity contribution >= 4 is 23.5 Å². The van der Waals surface area contributed by atoms with E-state index in [0.717, 1.165) is 18.8 Å². The molecule has 0 fully saturated rings. The van der Waals surface area contributed by atoms with Crippen LogP contribution in [0, 0.1) is 0 Å². The van der Waals surface area contributed by atoms with Crippen molar-refractivity contribution < 1.29 is 4.74 Å². The highest BCUT2D eigenvalue weighted by Crippen LogP contribution is 2.24. The molecule has 0 amide bonds. The van der Waals surface area contributed by atoms with E-state index in [2.05, 4.69) is 51.3 Å². The van der Waals surface area contributed by atoms with E-state index >= 15 is 0 Å². The summed E-state index contributed by atoms with van der Waals surface area (Å²) in [7, 11) is 0. The largest absolute Gasteiger partial charge is 0.494 e. The first-order chi connectivity index (χ1) is 9.04. The zero-order valence-corrected chi connectivity index (χ0v) is 14.2. The summed E-state index contributed by atoms with van der Waals surface area (Å²) >= 11 is 3.93. The minimum Gasteiger partial charge on any atom is -0.494 e. The first kappa shape index (κ1) is 16.8. The molecule has 0 aliphatic heterocycles. The molecule has 1 aromatic carbocycles. The Morgan fingerprint density at radius 2 is 1.68 bits per heavy atom. The Balaban J connectivity index is 2.20. The zero-order chi connectivity index (χ0) is 14.1. The fourth-order valence-corrected chi connectivity index (χ4v) is 3.31. The second-order valence-electron chi connectivity index (χ2n) is 5.58. The minimum absolute atomic E-state index is 0.215. The third-order valence-electron chi connectivity index (χ3n) is 2.85. The van der Waals surface area contributed by atoms with Gasteiger partial charge in [0.2, 0.25) is 0 Å². The molecule has 0 saturated carbocycles. The monoisotopic (exact) mass is 298 g/mol. The maximum absolute atomic E-state index is 5.76. The smallest absolute Gasteiger partial charge is 0.119 e. The van der Waals surface area contributed by atoms with Gasteiger partial charge in [-0.3, -0.25) is 0 Å². The second kappa shape index (κ2) is 8.80. The van der Waals surface area contributed by atoms with Gasteiger partial charge in [-0.1, -0.05) is 32.9 Å². The molecular weight excluding hydrogens is 272 g/mol. The molecule has 19 heavy (non-hydrogen) atoms. The van der Waals surface area contributed by atoms with E-state index in [1.165, 1.54) is 22.8 Å². The molecule has 0 N–H and O–H groups in total. The highest BCUT2D eigenvalue weighted by Gasteiger charge is 2.12. The van der Waals surface area contributed by atoms with E-state index in [1.54, 1.807) is 0 Å². The maximum atomic E-state index is 5.76. The Kier molecular flexibility index (Phi) is 7.77. The molecule has 0 aliphatic rings. The number of benzene rings is 1. The van der Waals surface area contributed by atoms with Crippen molar-refractivity contribution in [1.82, 2.24) is 0 Å². The number of thioether (sulfide) groups is 2. The van der Waals surface area contributed by atoms with Crippen LogP contribution >= 0.6 is 23.5 Å². The Morgan fingerprint density at radius 1 is 1.00 bits per heavy atom. The average molecular weight is 299 g/mol. The van der Waals surface area contributed by atoms with Crippen LogP contribution in [0.5, 0.6) is 5.75 Å². The Bertz CT molecular complexity index is 341. The normalized spacial score (nSPS) is 11.6. The molecule has 0 aliphatic carbocycles. The Hall–Kier alpha value is -0.280. The third kappa shape index (κ3) is 7.17. The van der Waals surface area contributed by atoms with E-state index in [-0.39, 0.29) is 5.41 Å². The van der Waals surface area contributed by atoms with Crippen LogP contribution < -0.4 is 4.74 Å². The first-order valence-corrected chi connectivity index (χ1v) is 9.39. The SMILES string of the molecule is CSCCSCCCOc1ccc(C(C)(C)C)cc1. The van der Waals surface area contributed by atoms with Crippen molar-refractivity contribution in [3.05, 3.63) is 29.8 Å². The van der Waals surface area contributed by atoms with Crippen LogP contribution in [0.15, 0.2) is 24.3 Å². The molecule has 3 heteroatoms. The minimum atomic E-state index is 0.215. The second-order valence-corrected chi connectivity index (χ2v) is 7.79. The fourth-order valence-electron chi connectivity index (χ4n) is 1.65. The van der Waals surface area contributed by atoms with Crippen LogP contribution in [0.1, 0.15) is 32.8 Å². The summed E-state index contributed by atoms with van der Waals surface area (Å²) in [5.74, 6) is 4.68. The average Bonchev–Trinajstić information content (AvgIpc) is 2.37. The van der Waals surface area contributed by atoms with Gasteiger partial charge < -0.3 is 4.74 Å². The van der Waals surface area contributed by atoms with Crippen molar-refractivity contribution in [3.8, 4) is 5.75 Å². The predicted molar refractivity (Wildman–Crippen MR) is 91.0 cm³/mol. The van der Waals surface area contributed by atoms with Gasteiger partial charge in [0, 0.05) is 11.5 Å². The summed E-state index contributed by atoms with van der Waals surface area (Å²) in [5.41, 5.74) is 1.57. The van der Waals surface area contributed by atoms with Gasteiger partial charge in [-0.25, -0.2) is 0 Å². The molecule has 108 valence electrons. The fraction of sp³-hybridized carbons (Fsp3) is 0.625. The summed E-state index contributed by atoms with van der Waals surface area (Å²) in [4.78, 5) is 0. The van der Waals surface area contributed by atoms with Gasteiger partial charge in [-0.05, 0) is 41.5 Å². The first-order valence-electron chi connectivity index (χ1n) is 6.84. The Morgan fingerprint density at radius 3 is 2.26 bits per heavy atom. The number of ether oxygens (including phenoxy) is 1. The van der Waals surface area contributed by atoms with Crippen LogP contribution in [-0.4, -0.2) is 30.1 Å². The summed E-state index contributed by atoms with van der Waals surface area (Å²) in [6.07, 6.45) is 3.28. The summed E-state index contributed by atoms with van der Waals surface area (Å²) in [6, 6.07) is 8.51. The van der Waals surface area contributed by atoms with E-state index in [9.17, 15) is 0 Å². The lowest BCUT2D eigenvalue weighted by Gasteiger charge is -2.19. The van der Waals surface area contributed by atoms with E-state index in [0.29, 0.717) is 0 Å². The van der Waals surface area contributed by atoms with Crippen LogP contribution in [0.4, 0.5) is 0 Å². The third-order valence-corrected chi connectivity index (χ3v) is 4.79. The van der Waals surface area contributed by atoms with Crippen molar-refractivity contribution in [2.24, 2.45) is 0 Å². The van der Waals surface area contributed by atoms with Crippen LogP contribution in [0.2, 0.25) is 0 Å². The maximum Gasteiger partial charge on any atom is 0.119 e. The lowest BCUT2D eigenvalue weighted by atomic mass is 9.87. The van der Waals surface area contributed by atoms with Gasteiger partial charge in [-0.15, -0.1) is 0 Å². The lowest BCUT2D eigenvalue weighted by molar-refractivity contribution is 0.318. The highest BCUT2D eigenvalue weighted by molar-refractivity contribution is 8.02. The van der Waals surface area contributed by atoms with Crippen molar-refractivity contribution in [2.45, 2.75) is 32.6 Å². The molecule has 1 aromatic rings. The molecule has 0 atom stereocenters. The van der Waals surface area contributed by atoms with E-state index < -0.39 is 0 Å². The van der Waals surface area contributed by atoms with Gasteiger partial charge >= 0.3 is 0 Å². The standard InChI is InChI=1S/C16H26OS2/c1-16(2,3)14-6-8-15(9-7-14)17-10-5-11-19-13-12-18-4/h6-9H,5,10-13H2,1-4H3. The van der Waals surface area contributed by atoms with Crippen molar-refractivity contribution in [2.75, 3.05) is 30.1 Å². The van der Waals surface area contributed by atoms with Crippen molar-refractivity contribution in [3.63, 3.8) is 0 Å². The molecule has 0 unspecified atom stereocenters. The topological polar surface area (TPSA) is 9.23 Å². The van der Waals surface area contributed by atoms with E-state index in [1.807, 2.05) is 23.5 Å². The van der Waals surface area contributed by atoms with E-state index in [4.69, 9.17) is 4.74 Å². The Labute approximate surface area is 126 Å². The van der Waals surface area contributed by atoms with Crippen LogP contribution in [-0.2, 0) is 5.41 Å². The van der Waals surface area contributed by atoms with Gasteiger partial charge in [0.25, 0.3) is 0 Å². The molecular formula is C16H26OS2. The molecule has 0 spiro atoms. The predicted octanol–water partition coefficient (Wildman–Crippen LogP) is 4.85. The number of hydrogen-bond donors (Lipinski definition) is 0. The van der Waals surface area contributed by atoms with Crippen LogP contribution in [0.3, 0.4) is 0 Å². The van der Waals surface area contributed by atoms with Gasteiger partial charge in [-0.2, -0.15) is 23.5 Å². The molecule has 0 heterocycles. The van der Waals surface area contributed by atoms with Crippen molar-refractivity contribution in [1.29, 1.82) is 0 Å². The van der Waals surface area contributed by atoms with Crippen LogP contribution in [0.25, 0.3) is 0 Å². The molecule has 0 bridgehead atoms. The zero-order valence-electron chi connectivity index (χ0n) is 12.6. The molecule has 1 rings (SSSR count). The summed E-state index contributed by atoms with van der Waals surface area (Å²) < 4.78 is 5.76.